The maximum absolute atomic E-state index is 11.7. The van der Waals surface area contributed by atoms with Crippen LogP contribution in [0.25, 0.3) is 0 Å². The summed E-state index contributed by atoms with van der Waals surface area (Å²) in [5, 5.41) is 11.9. The number of carbonyl (C=O) groups excluding carboxylic acids is 1. The zero-order valence-corrected chi connectivity index (χ0v) is 12.3. The summed E-state index contributed by atoms with van der Waals surface area (Å²) in [6.07, 6.45) is 0.639. The van der Waals surface area contributed by atoms with E-state index in [4.69, 9.17) is 5.11 Å². The van der Waals surface area contributed by atoms with E-state index in [2.05, 4.69) is 10.3 Å². The van der Waals surface area contributed by atoms with E-state index in [1.54, 1.807) is 18.0 Å². The Hall–Kier alpha value is -2.11. The van der Waals surface area contributed by atoms with E-state index >= 15 is 0 Å². The fraction of sp³-hybridized carbons (Fsp3) is 0.500. The topological polar surface area (TPSA) is 82.5 Å². The fourth-order valence-electron chi connectivity index (χ4n) is 1.74. The molecule has 2 N–H and O–H groups in total. The predicted octanol–water partition coefficient (Wildman–Crippen LogP) is 1.30. The van der Waals surface area contributed by atoms with Gasteiger partial charge in [0, 0.05) is 18.8 Å². The number of carboxylic acids is 1. The Morgan fingerprint density at radius 1 is 1.40 bits per heavy atom. The second-order valence-electron chi connectivity index (χ2n) is 4.94. The Balaban J connectivity index is 2.91. The molecule has 0 fully saturated rings. The molecule has 6 heteroatoms. The van der Waals surface area contributed by atoms with Gasteiger partial charge in [-0.05, 0) is 32.4 Å². The largest absolute Gasteiger partial charge is 0.478 e. The number of pyridine rings is 1. The molecule has 1 amide bonds. The van der Waals surface area contributed by atoms with Crippen LogP contribution < -0.4 is 10.2 Å². The second-order valence-corrected chi connectivity index (χ2v) is 4.94. The lowest BCUT2D eigenvalue weighted by atomic mass is 10.2. The molecular weight excluding hydrogens is 258 g/mol. The number of carboxylic acid groups (broad SMARTS) is 1. The molecule has 6 nitrogen and oxygen atoms in total. The highest BCUT2D eigenvalue weighted by molar-refractivity contribution is 5.89. The highest BCUT2D eigenvalue weighted by Gasteiger charge is 2.13. The van der Waals surface area contributed by atoms with Crippen LogP contribution in [0, 0.1) is 0 Å². The molecule has 0 aliphatic heterocycles. The number of likely N-dealkylation sites (N-methyl/N-ethyl adjacent to an activating group) is 1. The number of hydrogen-bond acceptors (Lipinski definition) is 4. The van der Waals surface area contributed by atoms with Gasteiger partial charge in [-0.3, -0.25) is 4.79 Å². The molecule has 110 valence electrons. The number of aromatic nitrogens is 1. The van der Waals surface area contributed by atoms with Gasteiger partial charge in [0.2, 0.25) is 5.91 Å². The number of anilines is 1. The molecule has 0 atom stereocenters. The molecule has 0 saturated carbocycles. The molecule has 0 spiro atoms. The summed E-state index contributed by atoms with van der Waals surface area (Å²) >= 11 is 0. The first kappa shape index (κ1) is 15.9. The normalized spacial score (nSPS) is 10.4. The van der Waals surface area contributed by atoms with Gasteiger partial charge in [-0.25, -0.2) is 9.78 Å². The van der Waals surface area contributed by atoms with Crippen molar-refractivity contribution in [3.05, 3.63) is 23.4 Å². The third-order valence-electron chi connectivity index (χ3n) is 2.70. The summed E-state index contributed by atoms with van der Waals surface area (Å²) < 4.78 is 0. The summed E-state index contributed by atoms with van der Waals surface area (Å²) in [6.45, 7) is 5.81. The number of amides is 1. The molecule has 0 aliphatic carbocycles. The Morgan fingerprint density at radius 2 is 2.05 bits per heavy atom. The lowest BCUT2D eigenvalue weighted by Gasteiger charge is -2.19. The molecule has 0 bridgehead atoms. The third-order valence-corrected chi connectivity index (χ3v) is 2.70. The van der Waals surface area contributed by atoms with Crippen molar-refractivity contribution in [2.24, 2.45) is 0 Å². The van der Waals surface area contributed by atoms with Crippen molar-refractivity contribution in [1.29, 1.82) is 0 Å². The Labute approximate surface area is 118 Å². The van der Waals surface area contributed by atoms with Gasteiger partial charge in [-0.1, -0.05) is 6.92 Å². The maximum atomic E-state index is 11.7. The van der Waals surface area contributed by atoms with Crippen LogP contribution in [0.15, 0.2) is 12.1 Å². The van der Waals surface area contributed by atoms with E-state index in [1.165, 1.54) is 6.07 Å². The first-order valence-electron chi connectivity index (χ1n) is 6.58. The molecule has 20 heavy (non-hydrogen) atoms. The lowest BCUT2D eigenvalue weighted by molar-refractivity contribution is -0.120. The number of nitrogens with zero attached hydrogens (tertiary/aromatic N) is 2. The van der Waals surface area contributed by atoms with E-state index in [9.17, 15) is 9.59 Å². The van der Waals surface area contributed by atoms with E-state index in [0.29, 0.717) is 17.9 Å². The van der Waals surface area contributed by atoms with Gasteiger partial charge >= 0.3 is 5.97 Å². The first-order chi connectivity index (χ1) is 9.33. The molecular formula is C14H21N3O3. The number of rotatable bonds is 6. The van der Waals surface area contributed by atoms with E-state index in [1.807, 2.05) is 20.8 Å². The van der Waals surface area contributed by atoms with Crippen molar-refractivity contribution in [3.63, 3.8) is 0 Å². The summed E-state index contributed by atoms with van der Waals surface area (Å²) in [7, 11) is 1.72. The zero-order valence-electron chi connectivity index (χ0n) is 12.3. The highest BCUT2D eigenvalue weighted by atomic mass is 16.4. The Kier molecular flexibility index (Phi) is 5.49. The predicted molar refractivity (Wildman–Crippen MR) is 77.1 cm³/mol. The molecule has 0 radical (unpaired) electrons. The maximum Gasteiger partial charge on any atom is 0.335 e. The van der Waals surface area contributed by atoms with Crippen molar-refractivity contribution in [2.75, 3.05) is 18.5 Å². The quantitative estimate of drug-likeness (QED) is 0.820. The average molecular weight is 279 g/mol. The minimum Gasteiger partial charge on any atom is -0.478 e. The van der Waals surface area contributed by atoms with Crippen LogP contribution in [0.2, 0.25) is 0 Å². The van der Waals surface area contributed by atoms with Crippen molar-refractivity contribution in [1.82, 2.24) is 10.3 Å². The van der Waals surface area contributed by atoms with Crippen molar-refractivity contribution in [2.45, 2.75) is 33.2 Å². The average Bonchev–Trinajstić information content (AvgIpc) is 2.36. The van der Waals surface area contributed by atoms with Crippen molar-refractivity contribution < 1.29 is 14.7 Å². The van der Waals surface area contributed by atoms with Crippen molar-refractivity contribution in [3.8, 4) is 0 Å². The van der Waals surface area contributed by atoms with Gasteiger partial charge in [0.25, 0.3) is 0 Å². The number of aromatic carboxylic acids is 1. The van der Waals surface area contributed by atoms with E-state index < -0.39 is 5.97 Å². The van der Waals surface area contributed by atoms with Gasteiger partial charge in [0.05, 0.1) is 12.1 Å². The minimum atomic E-state index is -0.997. The number of nitrogens with one attached hydrogen (secondary N) is 1. The molecule has 1 aromatic heterocycles. The summed E-state index contributed by atoms with van der Waals surface area (Å²) in [6, 6.07) is 3.10. The van der Waals surface area contributed by atoms with E-state index in [-0.39, 0.29) is 24.1 Å². The second kappa shape index (κ2) is 6.88. The van der Waals surface area contributed by atoms with Gasteiger partial charge in [0.1, 0.15) is 5.82 Å². The fourth-order valence-corrected chi connectivity index (χ4v) is 1.74. The number of carbonyl (C=O) groups is 2. The third kappa shape index (κ3) is 4.53. The highest BCUT2D eigenvalue weighted by Crippen LogP contribution is 2.14. The van der Waals surface area contributed by atoms with Gasteiger partial charge in [-0.2, -0.15) is 0 Å². The standard InChI is InChI=1S/C14H21N3O3/c1-5-11-6-10(14(19)20)7-12(16-11)17(4)8-13(18)15-9(2)3/h6-7,9H,5,8H2,1-4H3,(H,15,18)(H,19,20). The van der Waals surface area contributed by atoms with E-state index in [0.717, 1.165) is 0 Å². The van der Waals surface area contributed by atoms with Crippen LogP contribution in [0.3, 0.4) is 0 Å². The van der Waals surface area contributed by atoms with Gasteiger partial charge < -0.3 is 15.3 Å². The van der Waals surface area contributed by atoms with Crippen LogP contribution in [-0.4, -0.2) is 41.6 Å². The van der Waals surface area contributed by atoms with Crippen LogP contribution >= 0.6 is 0 Å². The zero-order chi connectivity index (χ0) is 15.3. The van der Waals surface area contributed by atoms with Gasteiger partial charge in [0.15, 0.2) is 0 Å². The smallest absolute Gasteiger partial charge is 0.335 e. The number of aryl methyl sites for hydroxylation is 1. The molecule has 0 aliphatic rings. The molecule has 1 aromatic rings. The monoisotopic (exact) mass is 279 g/mol. The molecule has 0 saturated heterocycles. The Morgan fingerprint density at radius 3 is 2.55 bits per heavy atom. The molecule has 1 rings (SSSR count). The minimum absolute atomic E-state index is 0.0698. The first-order valence-corrected chi connectivity index (χ1v) is 6.58. The molecule has 1 heterocycles. The molecule has 0 unspecified atom stereocenters. The Bertz CT molecular complexity index is 500. The van der Waals surface area contributed by atoms with Crippen LogP contribution in [0.1, 0.15) is 36.8 Å². The SMILES string of the molecule is CCc1cc(C(=O)O)cc(N(C)CC(=O)NC(C)C)n1. The van der Waals surface area contributed by atoms with Crippen LogP contribution in [-0.2, 0) is 11.2 Å². The summed E-state index contributed by atoms with van der Waals surface area (Å²) in [5.41, 5.74) is 0.874. The molecule has 0 aromatic carbocycles. The van der Waals surface area contributed by atoms with Crippen LogP contribution in [0.4, 0.5) is 5.82 Å². The lowest BCUT2D eigenvalue weighted by Crippen LogP contribution is -2.39. The van der Waals surface area contributed by atoms with Gasteiger partial charge in [-0.15, -0.1) is 0 Å². The summed E-state index contributed by atoms with van der Waals surface area (Å²) in [4.78, 5) is 28.8. The summed E-state index contributed by atoms with van der Waals surface area (Å²) in [5.74, 6) is -0.632. The van der Waals surface area contributed by atoms with Crippen LogP contribution in [0.5, 0.6) is 0 Å². The van der Waals surface area contributed by atoms with Crippen molar-refractivity contribution >= 4 is 17.7 Å². The number of hydrogen-bond donors (Lipinski definition) is 2.